The van der Waals surface area contributed by atoms with Crippen molar-refractivity contribution >= 4 is 16.7 Å². The Morgan fingerprint density at radius 1 is 0.897 bits per heavy atom. The van der Waals surface area contributed by atoms with Gasteiger partial charge in [0, 0.05) is 19.1 Å². The van der Waals surface area contributed by atoms with E-state index in [2.05, 4.69) is 41.3 Å². The molecule has 1 aliphatic rings. The van der Waals surface area contributed by atoms with Crippen molar-refractivity contribution in [2.24, 2.45) is 0 Å². The molecule has 1 aliphatic heterocycles. The van der Waals surface area contributed by atoms with E-state index in [0.717, 1.165) is 18.7 Å². The number of fused-ring (bicyclic) bond motifs is 2. The van der Waals surface area contributed by atoms with E-state index in [1.54, 1.807) is 14.2 Å². The molecule has 0 N–H and O–H groups in total. The lowest BCUT2D eigenvalue weighted by Crippen LogP contribution is -2.26. The number of rotatable bonds is 6. The van der Waals surface area contributed by atoms with Gasteiger partial charge >= 0.3 is 5.97 Å². The Morgan fingerprint density at radius 3 is 2.07 bits per heavy atom. The maximum Gasteiger partial charge on any atom is 0.307 e. The smallest absolute Gasteiger partial charge is 0.307 e. The first-order chi connectivity index (χ1) is 14.1. The number of hydrogen-bond donors (Lipinski definition) is 0. The summed E-state index contributed by atoms with van der Waals surface area (Å²) >= 11 is 0. The Labute approximate surface area is 170 Å². The van der Waals surface area contributed by atoms with Crippen LogP contribution in [0.5, 0.6) is 11.5 Å². The lowest BCUT2D eigenvalue weighted by Gasteiger charge is -2.27. The van der Waals surface area contributed by atoms with Gasteiger partial charge in [0.05, 0.1) is 27.8 Å². The van der Waals surface area contributed by atoms with E-state index in [4.69, 9.17) is 14.2 Å². The van der Waals surface area contributed by atoms with E-state index >= 15 is 0 Å². The van der Waals surface area contributed by atoms with Crippen molar-refractivity contribution in [2.75, 3.05) is 21.3 Å². The average molecular weight is 391 g/mol. The topological polar surface area (TPSA) is 48.0 Å². The Balaban J connectivity index is 1.68. The van der Waals surface area contributed by atoms with Gasteiger partial charge in [-0.25, -0.2) is 0 Å². The van der Waals surface area contributed by atoms with Crippen molar-refractivity contribution in [2.45, 2.75) is 25.6 Å². The van der Waals surface area contributed by atoms with Gasteiger partial charge in [-0.2, -0.15) is 0 Å². The van der Waals surface area contributed by atoms with E-state index in [9.17, 15) is 4.79 Å². The van der Waals surface area contributed by atoms with Gasteiger partial charge in [-0.15, -0.1) is 0 Å². The Kier molecular flexibility index (Phi) is 5.41. The number of ether oxygens (including phenoxy) is 3. The monoisotopic (exact) mass is 391 g/mol. The van der Waals surface area contributed by atoms with Crippen LogP contribution in [0.25, 0.3) is 10.8 Å². The maximum absolute atomic E-state index is 12.2. The van der Waals surface area contributed by atoms with Gasteiger partial charge in [0.2, 0.25) is 0 Å². The number of nitrogens with zero attached hydrogens (tertiary/aromatic N) is 1. The molecule has 0 aromatic heterocycles. The molecule has 5 nitrogen and oxygen atoms in total. The van der Waals surface area contributed by atoms with Crippen LogP contribution in [0.1, 0.15) is 29.2 Å². The predicted octanol–water partition coefficient (Wildman–Crippen LogP) is 4.48. The Bertz CT molecular complexity index is 1000. The summed E-state index contributed by atoms with van der Waals surface area (Å²) in [6, 6.07) is 18.6. The lowest BCUT2D eigenvalue weighted by atomic mass is 10.0. The van der Waals surface area contributed by atoms with Crippen LogP contribution in [-0.2, 0) is 22.6 Å². The number of carbonyl (C=O) groups excluding carboxylic acids is 1. The first-order valence-electron chi connectivity index (χ1n) is 9.66. The van der Waals surface area contributed by atoms with Crippen LogP contribution in [0.3, 0.4) is 0 Å². The zero-order valence-corrected chi connectivity index (χ0v) is 17.0. The first kappa shape index (κ1) is 19.3. The van der Waals surface area contributed by atoms with Gasteiger partial charge in [-0.05, 0) is 51.7 Å². The maximum atomic E-state index is 12.2. The lowest BCUT2D eigenvalue weighted by molar-refractivity contribution is -0.142. The minimum atomic E-state index is -0.231. The summed E-state index contributed by atoms with van der Waals surface area (Å²) in [7, 11) is 4.67. The number of esters is 1. The number of carbonyl (C=O) groups is 1. The Morgan fingerprint density at radius 2 is 1.52 bits per heavy atom. The van der Waals surface area contributed by atoms with Crippen molar-refractivity contribution in [1.82, 2.24) is 4.90 Å². The number of hydrogen-bond acceptors (Lipinski definition) is 5. The SMILES string of the molecule is COC(=O)CC(c1ccc(OC)c(OC)c1)N1Cc2cc3ccccc3cc2C1. The van der Waals surface area contributed by atoms with Crippen LogP contribution in [0.4, 0.5) is 0 Å². The number of methoxy groups -OCH3 is 3. The van der Waals surface area contributed by atoms with Crippen LogP contribution >= 0.6 is 0 Å². The molecule has 4 rings (SSSR count). The van der Waals surface area contributed by atoms with E-state index in [0.29, 0.717) is 11.5 Å². The van der Waals surface area contributed by atoms with Gasteiger partial charge in [0.25, 0.3) is 0 Å². The molecule has 1 unspecified atom stereocenters. The third-order valence-electron chi connectivity index (χ3n) is 5.64. The molecule has 0 saturated carbocycles. The van der Waals surface area contributed by atoms with Crippen LogP contribution in [0.15, 0.2) is 54.6 Å². The first-order valence-corrected chi connectivity index (χ1v) is 9.66. The molecule has 0 radical (unpaired) electrons. The fraction of sp³-hybridized carbons (Fsp3) is 0.292. The molecule has 1 atom stereocenters. The molecule has 0 aliphatic carbocycles. The highest BCUT2D eigenvalue weighted by Gasteiger charge is 2.30. The second-order valence-corrected chi connectivity index (χ2v) is 7.28. The summed E-state index contributed by atoms with van der Waals surface area (Å²) in [5.41, 5.74) is 3.61. The second kappa shape index (κ2) is 8.13. The molecule has 0 amide bonds. The molecule has 29 heavy (non-hydrogen) atoms. The zero-order valence-electron chi connectivity index (χ0n) is 17.0. The van der Waals surface area contributed by atoms with Crippen LogP contribution < -0.4 is 9.47 Å². The fourth-order valence-electron chi connectivity index (χ4n) is 4.10. The molecule has 3 aromatic carbocycles. The normalized spacial score (nSPS) is 14.4. The minimum absolute atomic E-state index is 0.113. The molecular weight excluding hydrogens is 366 g/mol. The number of benzene rings is 3. The van der Waals surface area contributed by atoms with Gasteiger partial charge in [0.1, 0.15) is 0 Å². The summed E-state index contributed by atoms with van der Waals surface area (Å²) in [5, 5.41) is 2.48. The van der Waals surface area contributed by atoms with E-state index in [1.807, 2.05) is 18.2 Å². The van der Waals surface area contributed by atoms with E-state index in [1.165, 1.54) is 29.0 Å². The Hall–Kier alpha value is -3.05. The molecule has 0 spiro atoms. The van der Waals surface area contributed by atoms with Crippen molar-refractivity contribution in [3.63, 3.8) is 0 Å². The molecule has 0 bridgehead atoms. The third-order valence-corrected chi connectivity index (χ3v) is 5.64. The summed E-state index contributed by atoms with van der Waals surface area (Å²) in [4.78, 5) is 14.5. The summed E-state index contributed by atoms with van der Waals surface area (Å²) < 4.78 is 15.8. The quantitative estimate of drug-likeness (QED) is 0.580. The largest absolute Gasteiger partial charge is 0.493 e. The molecule has 150 valence electrons. The molecule has 5 heteroatoms. The molecule has 3 aromatic rings. The van der Waals surface area contributed by atoms with Gasteiger partial charge in [-0.3, -0.25) is 9.69 Å². The van der Waals surface area contributed by atoms with Crippen LogP contribution in [0.2, 0.25) is 0 Å². The minimum Gasteiger partial charge on any atom is -0.493 e. The van der Waals surface area contributed by atoms with Gasteiger partial charge in [0.15, 0.2) is 11.5 Å². The van der Waals surface area contributed by atoms with E-state index < -0.39 is 0 Å². The van der Waals surface area contributed by atoms with Gasteiger partial charge < -0.3 is 14.2 Å². The average Bonchev–Trinajstić information content (AvgIpc) is 3.17. The summed E-state index contributed by atoms with van der Waals surface area (Å²) in [5.74, 6) is 1.09. The molecular formula is C24H25NO4. The van der Waals surface area contributed by atoms with Crippen molar-refractivity contribution in [1.29, 1.82) is 0 Å². The van der Waals surface area contributed by atoms with E-state index in [-0.39, 0.29) is 18.4 Å². The predicted molar refractivity (Wildman–Crippen MR) is 112 cm³/mol. The molecule has 1 heterocycles. The zero-order chi connectivity index (χ0) is 20.4. The highest BCUT2D eigenvalue weighted by atomic mass is 16.5. The van der Waals surface area contributed by atoms with Crippen molar-refractivity contribution in [3.8, 4) is 11.5 Å². The molecule has 0 fully saturated rings. The van der Waals surface area contributed by atoms with Gasteiger partial charge in [-0.1, -0.05) is 30.3 Å². The third kappa shape index (κ3) is 3.78. The van der Waals surface area contributed by atoms with Crippen LogP contribution in [0, 0.1) is 0 Å². The second-order valence-electron chi connectivity index (χ2n) is 7.28. The standard InChI is InChI=1S/C24H25NO4/c1-27-22-9-8-18(12-23(22)28-2)21(13-24(26)29-3)25-14-19-10-16-6-4-5-7-17(16)11-20(19)15-25/h4-12,21H,13-15H2,1-3H3. The molecule has 0 saturated heterocycles. The highest BCUT2D eigenvalue weighted by molar-refractivity contribution is 5.84. The van der Waals surface area contributed by atoms with Crippen molar-refractivity contribution < 1.29 is 19.0 Å². The van der Waals surface area contributed by atoms with Crippen molar-refractivity contribution in [3.05, 3.63) is 71.3 Å². The summed E-state index contributed by atoms with van der Waals surface area (Å²) in [6.45, 7) is 1.58. The summed E-state index contributed by atoms with van der Waals surface area (Å²) in [6.07, 6.45) is 0.277. The highest BCUT2D eigenvalue weighted by Crippen LogP contribution is 2.38. The van der Waals surface area contributed by atoms with Crippen LogP contribution in [-0.4, -0.2) is 32.2 Å². The fourth-order valence-corrected chi connectivity index (χ4v) is 4.10.